The van der Waals surface area contributed by atoms with Crippen LogP contribution in [0.25, 0.3) is 0 Å². The zero-order chi connectivity index (χ0) is 20.3. The first-order valence-electron chi connectivity index (χ1n) is 7.77. The van der Waals surface area contributed by atoms with Gasteiger partial charge in [0.1, 0.15) is 0 Å². The summed E-state index contributed by atoms with van der Waals surface area (Å²) in [6, 6.07) is 5.17. The molecule has 1 aromatic rings. The normalized spacial score (nSPS) is 12.2. The third-order valence-electron chi connectivity index (χ3n) is 3.01. The summed E-state index contributed by atoms with van der Waals surface area (Å²) in [5.74, 6) is 0. The standard InChI is InChI=1S/C15H12F6.2C2H6/c1-3-8-11(4-2)13(14(16,17)18,15(19,20)21)12-9-6-5-7-10-12;2*1-2/h3-10H,1-2H2;2*1-2H3/b11-8+;;. The Hall–Kier alpha value is -1.98. The maximum atomic E-state index is 13.5. The van der Waals surface area contributed by atoms with Gasteiger partial charge in [-0.25, -0.2) is 0 Å². The summed E-state index contributed by atoms with van der Waals surface area (Å²) in [4.78, 5) is 0. The molecule has 0 spiro atoms. The van der Waals surface area contributed by atoms with E-state index in [1.165, 1.54) is 6.07 Å². The van der Waals surface area contributed by atoms with E-state index in [1.54, 1.807) is 0 Å². The molecule has 6 heteroatoms. The van der Waals surface area contributed by atoms with Crippen LogP contribution in [0.5, 0.6) is 0 Å². The number of alkyl halides is 6. The second-order valence-corrected chi connectivity index (χ2v) is 4.17. The number of benzene rings is 1. The minimum absolute atomic E-state index is 0.551. The molecule has 0 saturated heterocycles. The zero-order valence-electron chi connectivity index (χ0n) is 14.8. The Morgan fingerprint density at radius 2 is 1.20 bits per heavy atom. The molecule has 25 heavy (non-hydrogen) atoms. The van der Waals surface area contributed by atoms with Gasteiger partial charge in [-0.05, 0) is 11.1 Å². The summed E-state index contributed by atoms with van der Waals surface area (Å²) in [6.07, 6.45) is -9.09. The van der Waals surface area contributed by atoms with Crippen LogP contribution in [-0.4, -0.2) is 12.4 Å². The predicted octanol–water partition coefficient (Wildman–Crippen LogP) is 7.40. The molecule has 142 valence electrons. The highest BCUT2D eigenvalue weighted by molar-refractivity contribution is 5.47. The highest BCUT2D eigenvalue weighted by Gasteiger charge is 2.72. The molecule has 0 aliphatic carbocycles. The largest absolute Gasteiger partial charge is 0.411 e. The first-order chi connectivity index (χ1) is 11.6. The van der Waals surface area contributed by atoms with Crippen molar-refractivity contribution in [1.29, 1.82) is 0 Å². The summed E-state index contributed by atoms with van der Waals surface area (Å²) in [6.45, 7) is 14.2. The van der Waals surface area contributed by atoms with Crippen LogP contribution in [0.1, 0.15) is 33.3 Å². The number of halogens is 6. The van der Waals surface area contributed by atoms with Crippen molar-refractivity contribution in [3.8, 4) is 0 Å². The molecule has 0 amide bonds. The Kier molecular flexibility index (Phi) is 10.9. The average molecular weight is 366 g/mol. The molecule has 0 unspecified atom stereocenters. The lowest BCUT2D eigenvalue weighted by molar-refractivity contribution is -0.288. The van der Waals surface area contributed by atoms with Crippen LogP contribution in [0, 0.1) is 0 Å². The molecular weight excluding hydrogens is 342 g/mol. The van der Waals surface area contributed by atoms with Gasteiger partial charge < -0.3 is 0 Å². The molecule has 0 atom stereocenters. The number of hydrogen-bond acceptors (Lipinski definition) is 0. The van der Waals surface area contributed by atoms with Gasteiger partial charge in [0.25, 0.3) is 0 Å². The second-order valence-electron chi connectivity index (χ2n) is 4.17. The van der Waals surface area contributed by atoms with E-state index in [2.05, 4.69) is 13.2 Å². The minimum Gasteiger partial charge on any atom is -0.169 e. The van der Waals surface area contributed by atoms with E-state index in [0.29, 0.717) is 12.2 Å². The van der Waals surface area contributed by atoms with Crippen molar-refractivity contribution in [3.05, 3.63) is 72.9 Å². The zero-order valence-corrected chi connectivity index (χ0v) is 14.8. The van der Waals surface area contributed by atoms with Gasteiger partial charge in [0.2, 0.25) is 5.41 Å². The van der Waals surface area contributed by atoms with Gasteiger partial charge in [-0.15, -0.1) is 0 Å². The lowest BCUT2D eigenvalue weighted by atomic mass is 9.72. The van der Waals surface area contributed by atoms with E-state index in [1.807, 2.05) is 27.7 Å². The van der Waals surface area contributed by atoms with Crippen molar-refractivity contribution in [1.82, 2.24) is 0 Å². The summed E-state index contributed by atoms with van der Waals surface area (Å²) in [7, 11) is 0. The molecule has 0 fully saturated rings. The molecular formula is C19H24F6. The SMILES string of the molecule is C=C/C=C(\C=C)C(c1ccccc1)(C(F)(F)F)C(F)(F)F.CC.CC. The van der Waals surface area contributed by atoms with E-state index in [4.69, 9.17) is 0 Å². The lowest BCUT2D eigenvalue weighted by Crippen LogP contribution is -2.55. The van der Waals surface area contributed by atoms with Crippen LogP contribution >= 0.6 is 0 Å². The summed E-state index contributed by atoms with van der Waals surface area (Å²) in [5, 5.41) is 0. The smallest absolute Gasteiger partial charge is 0.169 e. The van der Waals surface area contributed by atoms with E-state index in [-0.39, 0.29) is 0 Å². The first-order valence-corrected chi connectivity index (χ1v) is 7.77. The third kappa shape index (κ3) is 5.25. The number of allylic oxidation sites excluding steroid dienone is 4. The Morgan fingerprint density at radius 1 is 0.800 bits per heavy atom. The third-order valence-corrected chi connectivity index (χ3v) is 3.01. The second kappa shape index (κ2) is 10.8. The molecule has 0 aliphatic heterocycles. The Labute approximate surface area is 145 Å². The van der Waals surface area contributed by atoms with E-state index < -0.39 is 28.9 Å². The Bertz CT molecular complexity index is 521. The van der Waals surface area contributed by atoms with Gasteiger partial charge in [-0.3, -0.25) is 0 Å². The van der Waals surface area contributed by atoms with Crippen molar-refractivity contribution in [2.75, 3.05) is 0 Å². The molecule has 1 aromatic carbocycles. The molecule has 1 rings (SSSR count). The van der Waals surface area contributed by atoms with Crippen molar-refractivity contribution in [2.45, 2.75) is 45.5 Å². The highest BCUT2D eigenvalue weighted by Crippen LogP contribution is 2.56. The van der Waals surface area contributed by atoms with E-state index in [0.717, 1.165) is 30.3 Å². The van der Waals surface area contributed by atoms with Gasteiger partial charge in [-0.2, -0.15) is 26.3 Å². The van der Waals surface area contributed by atoms with E-state index >= 15 is 0 Å². The van der Waals surface area contributed by atoms with Crippen LogP contribution in [0.3, 0.4) is 0 Å². The van der Waals surface area contributed by atoms with Crippen LogP contribution in [0.2, 0.25) is 0 Å². The molecule has 0 nitrogen and oxygen atoms in total. The Balaban J connectivity index is 0. The first kappa shape index (κ1) is 25.3. The molecule has 0 saturated carbocycles. The highest BCUT2D eigenvalue weighted by atomic mass is 19.4. The quantitative estimate of drug-likeness (QED) is 0.385. The molecule has 0 heterocycles. The predicted molar refractivity (Wildman–Crippen MR) is 91.4 cm³/mol. The van der Waals surface area contributed by atoms with Crippen molar-refractivity contribution >= 4 is 0 Å². The van der Waals surface area contributed by atoms with E-state index in [9.17, 15) is 26.3 Å². The van der Waals surface area contributed by atoms with Gasteiger partial charge in [-0.1, -0.05) is 89.4 Å². The molecule has 0 aliphatic rings. The maximum Gasteiger partial charge on any atom is 0.411 e. The van der Waals surface area contributed by atoms with Crippen molar-refractivity contribution < 1.29 is 26.3 Å². The van der Waals surface area contributed by atoms with Gasteiger partial charge in [0.15, 0.2) is 0 Å². The average Bonchev–Trinajstić information content (AvgIpc) is 2.56. The lowest BCUT2D eigenvalue weighted by Gasteiger charge is -2.38. The monoisotopic (exact) mass is 366 g/mol. The van der Waals surface area contributed by atoms with Gasteiger partial charge >= 0.3 is 12.4 Å². The maximum absolute atomic E-state index is 13.5. The fourth-order valence-corrected chi connectivity index (χ4v) is 2.14. The van der Waals surface area contributed by atoms with Crippen molar-refractivity contribution in [3.63, 3.8) is 0 Å². The van der Waals surface area contributed by atoms with Crippen LogP contribution in [0.4, 0.5) is 26.3 Å². The summed E-state index contributed by atoms with van der Waals surface area (Å²) < 4.78 is 80.8. The van der Waals surface area contributed by atoms with Gasteiger partial charge in [0, 0.05) is 0 Å². The number of hydrogen-bond donors (Lipinski definition) is 0. The summed E-state index contributed by atoms with van der Waals surface area (Å²) in [5.41, 5.74) is -6.08. The van der Waals surface area contributed by atoms with Crippen LogP contribution in [-0.2, 0) is 5.41 Å². The Morgan fingerprint density at radius 3 is 1.48 bits per heavy atom. The fourth-order valence-electron chi connectivity index (χ4n) is 2.14. The molecule has 0 N–H and O–H groups in total. The summed E-state index contributed by atoms with van der Waals surface area (Å²) >= 11 is 0. The molecule has 0 radical (unpaired) electrons. The van der Waals surface area contributed by atoms with Crippen LogP contribution in [0.15, 0.2) is 67.3 Å². The van der Waals surface area contributed by atoms with Crippen molar-refractivity contribution in [2.24, 2.45) is 0 Å². The fraction of sp³-hybridized carbons (Fsp3) is 0.368. The molecule has 0 bridgehead atoms. The number of rotatable bonds is 4. The minimum atomic E-state index is -5.59. The van der Waals surface area contributed by atoms with Gasteiger partial charge in [0.05, 0.1) is 0 Å². The topological polar surface area (TPSA) is 0 Å². The molecule has 0 aromatic heterocycles. The van der Waals surface area contributed by atoms with Crippen LogP contribution < -0.4 is 0 Å².